The Hall–Kier alpha value is -1.17. The molecule has 1 aliphatic rings. The first-order chi connectivity index (χ1) is 9.75. The molecular weight excluding hydrogens is 288 g/mol. The van der Waals surface area contributed by atoms with Gasteiger partial charge in [0.05, 0.1) is 4.88 Å². The molecule has 2 aromatic heterocycles. The molecular formula is C15H18N2OS2. The molecule has 1 saturated heterocycles. The number of thiophene rings is 2. The summed E-state index contributed by atoms with van der Waals surface area (Å²) in [5.74, 6) is 0.183. The summed E-state index contributed by atoms with van der Waals surface area (Å²) >= 11 is 3.27. The minimum Gasteiger partial charge on any atom is -0.335 e. The quantitative estimate of drug-likeness (QED) is 0.868. The van der Waals surface area contributed by atoms with Crippen molar-refractivity contribution in [3.63, 3.8) is 0 Å². The maximum Gasteiger partial charge on any atom is 0.264 e. The number of piperazine rings is 1. The lowest BCUT2D eigenvalue weighted by Crippen LogP contribution is -2.49. The molecule has 1 atom stereocenters. The standard InChI is InChI=1S/C15H18N2OS2/c1-12(13-4-10-19-11-13)16-5-7-17(8-6-16)15(18)14-3-2-9-20-14/h2-4,9-12H,5-8H2,1H3/t12-/m0/s1. The maximum absolute atomic E-state index is 12.3. The summed E-state index contributed by atoms with van der Waals surface area (Å²) in [6.45, 7) is 5.80. The van der Waals surface area contributed by atoms with Gasteiger partial charge >= 0.3 is 0 Å². The Labute approximate surface area is 127 Å². The highest BCUT2D eigenvalue weighted by molar-refractivity contribution is 7.12. The van der Waals surface area contributed by atoms with E-state index in [0.717, 1.165) is 31.1 Å². The first-order valence-corrected chi connectivity index (χ1v) is 8.67. The Kier molecular flexibility index (Phi) is 4.19. The molecule has 3 heterocycles. The number of carbonyl (C=O) groups is 1. The summed E-state index contributed by atoms with van der Waals surface area (Å²) in [7, 11) is 0. The summed E-state index contributed by atoms with van der Waals surface area (Å²) in [6, 6.07) is 6.49. The molecule has 0 bridgehead atoms. The van der Waals surface area contributed by atoms with E-state index < -0.39 is 0 Å². The van der Waals surface area contributed by atoms with Gasteiger partial charge in [0, 0.05) is 32.2 Å². The first-order valence-electron chi connectivity index (χ1n) is 6.84. The third kappa shape index (κ3) is 2.80. The van der Waals surface area contributed by atoms with Gasteiger partial charge in [-0.2, -0.15) is 11.3 Å². The van der Waals surface area contributed by atoms with Crippen LogP contribution in [0.15, 0.2) is 34.3 Å². The molecule has 1 fully saturated rings. The number of nitrogens with zero attached hydrogens (tertiary/aromatic N) is 2. The number of rotatable bonds is 3. The Morgan fingerprint density at radius 1 is 1.20 bits per heavy atom. The van der Waals surface area contributed by atoms with Crippen LogP contribution in [0.4, 0.5) is 0 Å². The minimum atomic E-state index is 0.183. The van der Waals surface area contributed by atoms with Gasteiger partial charge in [0.25, 0.3) is 5.91 Å². The molecule has 1 aliphatic heterocycles. The number of hydrogen-bond acceptors (Lipinski definition) is 4. The summed E-state index contributed by atoms with van der Waals surface area (Å²) in [6.07, 6.45) is 0. The van der Waals surface area contributed by atoms with E-state index >= 15 is 0 Å². The van der Waals surface area contributed by atoms with Gasteiger partial charge in [0.1, 0.15) is 0 Å². The highest BCUT2D eigenvalue weighted by Gasteiger charge is 2.25. The molecule has 3 rings (SSSR count). The Morgan fingerprint density at radius 2 is 2.00 bits per heavy atom. The molecule has 0 N–H and O–H groups in total. The number of carbonyl (C=O) groups excluding carboxylic acids is 1. The van der Waals surface area contributed by atoms with Crippen LogP contribution in [0.3, 0.4) is 0 Å². The van der Waals surface area contributed by atoms with E-state index in [2.05, 4.69) is 28.7 Å². The number of amides is 1. The summed E-state index contributed by atoms with van der Waals surface area (Å²) in [4.78, 5) is 17.6. The molecule has 20 heavy (non-hydrogen) atoms. The zero-order valence-electron chi connectivity index (χ0n) is 11.5. The van der Waals surface area contributed by atoms with Gasteiger partial charge in [0.2, 0.25) is 0 Å². The zero-order valence-corrected chi connectivity index (χ0v) is 13.1. The van der Waals surface area contributed by atoms with Crippen molar-refractivity contribution in [2.24, 2.45) is 0 Å². The molecule has 3 nitrogen and oxygen atoms in total. The van der Waals surface area contributed by atoms with E-state index in [4.69, 9.17) is 0 Å². The van der Waals surface area contributed by atoms with Gasteiger partial charge in [0.15, 0.2) is 0 Å². The van der Waals surface area contributed by atoms with Crippen LogP contribution in [0, 0.1) is 0 Å². The molecule has 1 amide bonds. The van der Waals surface area contributed by atoms with Crippen molar-refractivity contribution in [2.45, 2.75) is 13.0 Å². The zero-order chi connectivity index (χ0) is 13.9. The van der Waals surface area contributed by atoms with Crippen LogP contribution in [0.1, 0.15) is 28.2 Å². The highest BCUT2D eigenvalue weighted by atomic mass is 32.1. The monoisotopic (exact) mass is 306 g/mol. The van der Waals surface area contributed by atoms with E-state index in [1.165, 1.54) is 16.9 Å². The molecule has 0 aromatic carbocycles. The van der Waals surface area contributed by atoms with Gasteiger partial charge in [-0.15, -0.1) is 11.3 Å². The predicted octanol–water partition coefficient (Wildman–Crippen LogP) is 3.33. The average molecular weight is 306 g/mol. The van der Waals surface area contributed by atoms with Crippen molar-refractivity contribution in [1.82, 2.24) is 9.80 Å². The lowest BCUT2D eigenvalue weighted by atomic mass is 10.1. The molecule has 0 aliphatic carbocycles. The molecule has 5 heteroatoms. The lowest BCUT2D eigenvalue weighted by Gasteiger charge is -2.37. The van der Waals surface area contributed by atoms with Crippen LogP contribution in [-0.4, -0.2) is 41.9 Å². The summed E-state index contributed by atoms with van der Waals surface area (Å²) in [5, 5.41) is 6.30. The van der Waals surface area contributed by atoms with E-state index in [1.807, 2.05) is 22.4 Å². The maximum atomic E-state index is 12.3. The predicted molar refractivity (Wildman–Crippen MR) is 84.5 cm³/mol. The van der Waals surface area contributed by atoms with E-state index in [1.54, 1.807) is 11.3 Å². The second-order valence-corrected chi connectivity index (χ2v) is 6.77. The summed E-state index contributed by atoms with van der Waals surface area (Å²) < 4.78 is 0. The Balaban J connectivity index is 1.58. The SMILES string of the molecule is C[C@@H](c1ccsc1)N1CCN(C(=O)c2cccs2)CC1. The van der Waals surface area contributed by atoms with Crippen molar-refractivity contribution in [3.05, 3.63) is 44.8 Å². The van der Waals surface area contributed by atoms with Crippen molar-refractivity contribution in [2.75, 3.05) is 26.2 Å². The van der Waals surface area contributed by atoms with Crippen LogP contribution in [0.5, 0.6) is 0 Å². The minimum absolute atomic E-state index is 0.183. The molecule has 0 radical (unpaired) electrons. The van der Waals surface area contributed by atoms with E-state index in [-0.39, 0.29) is 5.91 Å². The van der Waals surface area contributed by atoms with Gasteiger partial charge < -0.3 is 4.90 Å². The Morgan fingerprint density at radius 3 is 2.60 bits per heavy atom. The molecule has 0 unspecified atom stereocenters. The van der Waals surface area contributed by atoms with Crippen LogP contribution >= 0.6 is 22.7 Å². The third-order valence-electron chi connectivity index (χ3n) is 3.91. The van der Waals surface area contributed by atoms with Crippen molar-refractivity contribution in [1.29, 1.82) is 0 Å². The molecule has 0 spiro atoms. The van der Waals surface area contributed by atoms with Crippen LogP contribution in [0.25, 0.3) is 0 Å². The highest BCUT2D eigenvalue weighted by Crippen LogP contribution is 2.24. The second-order valence-electron chi connectivity index (χ2n) is 5.04. The topological polar surface area (TPSA) is 23.6 Å². The van der Waals surface area contributed by atoms with Crippen LogP contribution in [-0.2, 0) is 0 Å². The van der Waals surface area contributed by atoms with E-state index in [0.29, 0.717) is 6.04 Å². The van der Waals surface area contributed by atoms with Gasteiger partial charge in [-0.3, -0.25) is 9.69 Å². The summed E-state index contributed by atoms with van der Waals surface area (Å²) in [5.41, 5.74) is 1.38. The third-order valence-corrected chi connectivity index (χ3v) is 5.47. The van der Waals surface area contributed by atoms with Gasteiger partial charge in [-0.1, -0.05) is 6.07 Å². The first kappa shape index (κ1) is 13.8. The largest absolute Gasteiger partial charge is 0.335 e. The fourth-order valence-electron chi connectivity index (χ4n) is 2.59. The van der Waals surface area contributed by atoms with Gasteiger partial charge in [-0.25, -0.2) is 0 Å². The fraction of sp³-hybridized carbons (Fsp3) is 0.400. The van der Waals surface area contributed by atoms with Crippen molar-refractivity contribution in [3.8, 4) is 0 Å². The fourth-order valence-corrected chi connectivity index (χ4v) is 4.03. The van der Waals surface area contributed by atoms with Crippen molar-refractivity contribution < 1.29 is 4.79 Å². The van der Waals surface area contributed by atoms with Crippen LogP contribution in [0.2, 0.25) is 0 Å². The molecule has 106 valence electrons. The molecule has 2 aromatic rings. The average Bonchev–Trinajstić information content (AvgIpc) is 3.18. The van der Waals surface area contributed by atoms with Gasteiger partial charge in [-0.05, 0) is 40.8 Å². The smallest absolute Gasteiger partial charge is 0.264 e. The van der Waals surface area contributed by atoms with Crippen molar-refractivity contribution >= 4 is 28.6 Å². The Bertz CT molecular complexity index is 542. The van der Waals surface area contributed by atoms with Crippen LogP contribution < -0.4 is 0 Å². The van der Waals surface area contributed by atoms with E-state index in [9.17, 15) is 4.79 Å². The lowest BCUT2D eigenvalue weighted by molar-refractivity contribution is 0.0587. The molecule has 0 saturated carbocycles. The number of hydrogen-bond donors (Lipinski definition) is 0. The second kappa shape index (κ2) is 6.08. The normalized spacial score (nSPS) is 18.1.